The van der Waals surface area contributed by atoms with E-state index < -0.39 is 23.5 Å². The Morgan fingerprint density at radius 3 is 2.73 bits per heavy atom. The molecule has 2 aromatic heterocycles. The highest BCUT2D eigenvalue weighted by Crippen LogP contribution is 2.39. The first-order chi connectivity index (χ1) is 14.4. The van der Waals surface area contributed by atoms with Crippen molar-refractivity contribution in [1.29, 1.82) is 0 Å². The summed E-state index contributed by atoms with van der Waals surface area (Å²) in [5, 5.41) is 13.5. The van der Waals surface area contributed by atoms with Crippen molar-refractivity contribution in [2.24, 2.45) is 0 Å². The Kier molecular flexibility index (Phi) is 5.09. The van der Waals surface area contributed by atoms with Crippen LogP contribution in [-0.4, -0.2) is 50.9 Å². The van der Waals surface area contributed by atoms with Gasteiger partial charge in [-0.15, -0.1) is 0 Å². The summed E-state index contributed by atoms with van der Waals surface area (Å²) in [6, 6.07) is 9.25. The number of nitrogens with zero attached hydrogens (tertiary/aromatic N) is 1. The van der Waals surface area contributed by atoms with Gasteiger partial charge in [0.1, 0.15) is 11.8 Å². The van der Waals surface area contributed by atoms with E-state index in [2.05, 4.69) is 0 Å². The zero-order valence-electron chi connectivity index (χ0n) is 16.9. The number of methoxy groups -OCH3 is 1. The van der Waals surface area contributed by atoms with Crippen LogP contribution in [0.5, 0.6) is 5.75 Å². The van der Waals surface area contributed by atoms with Gasteiger partial charge < -0.3 is 28.5 Å². The van der Waals surface area contributed by atoms with Gasteiger partial charge in [0.15, 0.2) is 17.1 Å². The third-order valence-corrected chi connectivity index (χ3v) is 5.15. The molecule has 0 spiro atoms. The molecule has 1 aliphatic heterocycles. The normalized spacial score (nSPS) is 16.9. The van der Waals surface area contributed by atoms with Gasteiger partial charge >= 0.3 is 0 Å². The number of rotatable bonds is 7. The maximum absolute atomic E-state index is 13.3. The number of fused-ring (bicyclic) bond motifs is 1. The molecule has 8 nitrogen and oxygen atoms in total. The molecule has 0 saturated heterocycles. The lowest BCUT2D eigenvalue weighted by Gasteiger charge is -2.25. The summed E-state index contributed by atoms with van der Waals surface area (Å²) in [4.78, 5) is 28.6. The molecule has 1 N–H and O–H groups in total. The van der Waals surface area contributed by atoms with Crippen LogP contribution in [0.4, 0.5) is 0 Å². The number of carbonyl (C=O) groups excluding carboxylic acids is 2. The summed E-state index contributed by atoms with van der Waals surface area (Å²) in [6.07, 6.45) is 1.45. The number of carbonyl (C=O) groups is 2. The molecule has 8 heteroatoms. The fourth-order valence-electron chi connectivity index (χ4n) is 3.63. The quantitative estimate of drug-likeness (QED) is 0.572. The minimum atomic E-state index is -0.887. The topological polar surface area (TPSA) is 100 Å². The second-order valence-corrected chi connectivity index (χ2v) is 7.43. The molecular formula is C22H22N2O6. The second-order valence-electron chi connectivity index (χ2n) is 7.43. The molecule has 0 bridgehead atoms. The van der Waals surface area contributed by atoms with Crippen molar-refractivity contribution in [3.8, 4) is 5.75 Å². The molecule has 0 fully saturated rings. The summed E-state index contributed by atoms with van der Waals surface area (Å²) in [5.74, 6) is -1.36. The van der Waals surface area contributed by atoms with E-state index in [9.17, 15) is 14.7 Å². The summed E-state index contributed by atoms with van der Waals surface area (Å²) in [7, 11) is 5.40. The van der Waals surface area contributed by atoms with Gasteiger partial charge in [-0.3, -0.25) is 9.59 Å². The Hall–Kier alpha value is -3.52. The second kappa shape index (κ2) is 7.72. The Bertz CT molecular complexity index is 1130. The summed E-state index contributed by atoms with van der Waals surface area (Å²) >= 11 is 0. The highest BCUT2D eigenvalue weighted by molar-refractivity contribution is 6.15. The average molecular weight is 410 g/mol. The number of Topliss-reactive ketones (excluding diaryl/α,β-unsaturated/α-hetero) is 1. The first-order valence-electron chi connectivity index (χ1n) is 9.58. The lowest BCUT2D eigenvalue weighted by atomic mass is 9.99. The molecule has 3 aromatic rings. The van der Waals surface area contributed by atoms with E-state index in [1.54, 1.807) is 36.4 Å². The number of quaternary nitrogens is 1. The van der Waals surface area contributed by atoms with Crippen molar-refractivity contribution in [3.05, 3.63) is 65.5 Å². The SMILES string of the molecule is COc1cccc2cc(C(=O)C3=C([O-])C(=O)N(CC[NH+](C)C)C3c3ccco3)oc12. The number of nitrogens with one attached hydrogen (secondary N) is 1. The van der Waals surface area contributed by atoms with Gasteiger partial charge in [-0.2, -0.15) is 0 Å². The van der Waals surface area contributed by atoms with E-state index in [-0.39, 0.29) is 11.3 Å². The molecule has 156 valence electrons. The van der Waals surface area contributed by atoms with Crippen LogP contribution in [0, 0.1) is 0 Å². The third-order valence-electron chi connectivity index (χ3n) is 5.15. The Morgan fingerprint density at radius 1 is 1.27 bits per heavy atom. The van der Waals surface area contributed by atoms with Crippen molar-refractivity contribution >= 4 is 22.7 Å². The van der Waals surface area contributed by atoms with E-state index in [0.29, 0.717) is 35.6 Å². The molecule has 4 rings (SSSR count). The molecule has 3 heterocycles. The maximum Gasteiger partial charge on any atom is 0.240 e. The van der Waals surface area contributed by atoms with Gasteiger partial charge in [0, 0.05) is 11.0 Å². The molecule has 0 aliphatic carbocycles. The number of ether oxygens (including phenoxy) is 1. The van der Waals surface area contributed by atoms with Gasteiger partial charge in [-0.1, -0.05) is 12.1 Å². The van der Waals surface area contributed by atoms with E-state index in [1.807, 2.05) is 14.1 Å². The van der Waals surface area contributed by atoms with E-state index in [0.717, 1.165) is 4.90 Å². The minimum Gasteiger partial charge on any atom is -0.868 e. The number of hydrogen-bond acceptors (Lipinski definition) is 6. The first-order valence-corrected chi connectivity index (χ1v) is 9.58. The Labute approximate surface area is 172 Å². The fraction of sp³-hybridized carbons (Fsp3) is 0.273. The maximum atomic E-state index is 13.3. The highest BCUT2D eigenvalue weighted by atomic mass is 16.5. The first kappa shape index (κ1) is 19.8. The van der Waals surface area contributed by atoms with Crippen molar-refractivity contribution in [2.45, 2.75) is 6.04 Å². The minimum absolute atomic E-state index is 0.0257. The molecule has 1 amide bonds. The van der Waals surface area contributed by atoms with Crippen molar-refractivity contribution in [2.75, 3.05) is 34.3 Å². The van der Waals surface area contributed by atoms with Crippen LogP contribution in [-0.2, 0) is 4.79 Å². The molecule has 30 heavy (non-hydrogen) atoms. The zero-order valence-corrected chi connectivity index (χ0v) is 16.9. The molecular weight excluding hydrogens is 388 g/mol. The van der Waals surface area contributed by atoms with Crippen LogP contribution in [0.1, 0.15) is 22.4 Å². The van der Waals surface area contributed by atoms with Crippen LogP contribution < -0.4 is 14.7 Å². The van der Waals surface area contributed by atoms with Gasteiger partial charge in [0.2, 0.25) is 11.7 Å². The standard InChI is InChI=1S/C22H22N2O6/c1-23(2)9-10-24-18(14-8-5-11-29-14)17(20(26)22(24)27)19(25)16-12-13-6-4-7-15(28-3)21(13)30-16/h4-8,11-12,18,26H,9-10H2,1-3H3. The van der Waals surface area contributed by atoms with Crippen molar-refractivity contribution in [3.63, 3.8) is 0 Å². The van der Waals surface area contributed by atoms with Gasteiger partial charge in [-0.25, -0.2) is 0 Å². The molecule has 1 unspecified atom stereocenters. The molecule has 1 atom stereocenters. The summed E-state index contributed by atoms with van der Waals surface area (Å²) < 4.78 is 16.5. The molecule has 1 aromatic carbocycles. The van der Waals surface area contributed by atoms with E-state index in [1.165, 1.54) is 18.3 Å². The number of para-hydroxylation sites is 1. The number of ketones is 1. The van der Waals surface area contributed by atoms with Crippen LogP contribution in [0.15, 0.2) is 62.8 Å². The number of hydrogen-bond donors (Lipinski definition) is 1. The Balaban J connectivity index is 1.77. The summed E-state index contributed by atoms with van der Waals surface area (Å²) in [6.45, 7) is 0.919. The molecule has 0 radical (unpaired) electrons. The van der Waals surface area contributed by atoms with Gasteiger partial charge in [-0.05, 0) is 30.0 Å². The van der Waals surface area contributed by atoms with Crippen LogP contribution in [0.3, 0.4) is 0 Å². The van der Waals surface area contributed by atoms with E-state index in [4.69, 9.17) is 13.6 Å². The van der Waals surface area contributed by atoms with Gasteiger partial charge in [0.05, 0.1) is 40.6 Å². The lowest BCUT2D eigenvalue weighted by molar-refractivity contribution is -0.857. The number of benzene rings is 1. The van der Waals surface area contributed by atoms with Crippen molar-refractivity contribution in [1.82, 2.24) is 4.90 Å². The zero-order chi connectivity index (χ0) is 21.4. The van der Waals surface area contributed by atoms with Gasteiger partial charge in [0.25, 0.3) is 0 Å². The monoisotopic (exact) mass is 410 g/mol. The number of furan rings is 2. The van der Waals surface area contributed by atoms with Crippen molar-refractivity contribution < 1.29 is 33.2 Å². The van der Waals surface area contributed by atoms with Crippen LogP contribution >= 0.6 is 0 Å². The number of amides is 1. The van der Waals surface area contributed by atoms with Crippen LogP contribution in [0.2, 0.25) is 0 Å². The largest absolute Gasteiger partial charge is 0.868 e. The average Bonchev–Trinajstić information content (AvgIpc) is 3.45. The molecule has 1 aliphatic rings. The van der Waals surface area contributed by atoms with Crippen LogP contribution in [0.25, 0.3) is 11.0 Å². The summed E-state index contributed by atoms with van der Waals surface area (Å²) in [5.41, 5.74) is 0.241. The number of likely N-dealkylation sites (N-methyl/N-ethyl adjacent to an activating group) is 1. The third kappa shape index (κ3) is 3.25. The lowest BCUT2D eigenvalue weighted by Crippen LogP contribution is -3.06. The molecule has 0 saturated carbocycles. The smallest absolute Gasteiger partial charge is 0.240 e. The predicted octanol–water partition coefficient (Wildman–Crippen LogP) is 0.559. The Morgan fingerprint density at radius 2 is 2.07 bits per heavy atom. The van der Waals surface area contributed by atoms with E-state index >= 15 is 0 Å². The predicted molar refractivity (Wildman–Crippen MR) is 105 cm³/mol. The highest BCUT2D eigenvalue weighted by Gasteiger charge is 2.42. The fourth-order valence-corrected chi connectivity index (χ4v) is 3.63.